The molecular formula is C25H24BF4P. The van der Waals surface area contributed by atoms with E-state index < -0.39 is 14.5 Å². The summed E-state index contributed by atoms with van der Waals surface area (Å²) in [6.07, 6.45) is 0. The Bertz CT molecular complexity index is 971. The fourth-order valence-electron chi connectivity index (χ4n) is 3.87. The summed E-state index contributed by atoms with van der Waals surface area (Å²) >= 11 is 0. The Morgan fingerprint density at radius 3 is 1.03 bits per heavy atom. The van der Waals surface area contributed by atoms with Crippen molar-refractivity contribution in [3.8, 4) is 0 Å². The van der Waals surface area contributed by atoms with Gasteiger partial charge in [-0.1, -0.05) is 0 Å². The maximum absolute atomic E-state index is 9.75. The summed E-state index contributed by atoms with van der Waals surface area (Å²) in [5.41, 5.74) is 1.30. The van der Waals surface area contributed by atoms with Crippen molar-refractivity contribution >= 4 is 35.7 Å². The van der Waals surface area contributed by atoms with E-state index in [4.69, 9.17) is 0 Å². The molecule has 0 fully saturated rings. The molecule has 0 amide bonds. The maximum Gasteiger partial charge on any atom is 1.00 e. The zero-order valence-corrected chi connectivity index (χ0v) is 18.1. The van der Waals surface area contributed by atoms with E-state index in [2.05, 4.69) is 122 Å². The van der Waals surface area contributed by atoms with E-state index >= 15 is 0 Å². The fourth-order valence-corrected chi connectivity index (χ4v) is 8.61. The molecule has 4 aromatic rings. The molecule has 0 spiro atoms. The van der Waals surface area contributed by atoms with Gasteiger partial charge in [0.15, 0.2) is 0 Å². The van der Waals surface area contributed by atoms with Gasteiger partial charge in [-0.25, -0.2) is 0 Å². The quantitative estimate of drug-likeness (QED) is 0.214. The van der Waals surface area contributed by atoms with Crippen LogP contribution in [0.5, 0.6) is 0 Å². The van der Waals surface area contributed by atoms with Crippen molar-refractivity contribution in [3.05, 3.63) is 121 Å². The minimum absolute atomic E-state index is 0. The molecule has 0 N–H and O–H groups in total. The van der Waals surface area contributed by atoms with Crippen LogP contribution in [-0.4, -0.2) is 7.25 Å². The third-order valence-corrected chi connectivity index (χ3v) is 9.90. The van der Waals surface area contributed by atoms with Crippen LogP contribution in [0, 0.1) is 6.92 Å². The first kappa shape index (κ1) is 22.8. The van der Waals surface area contributed by atoms with Gasteiger partial charge in [-0.15, -0.1) is 0 Å². The third-order valence-electron chi connectivity index (χ3n) is 5.10. The van der Waals surface area contributed by atoms with E-state index in [-0.39, 0.29) is 1.43 Å². The SMILES string of the molecule is Cc1ccc([PH](c2ccccc2)(c2ccccc2)c2ccccc2)cc1.F[B-](F)(F)F.[H+]. The molecule has 0 aliphatic rings. The molecule has 0 aliphatic carbocycles. The average molecular weight is 442 g/mol. The molecule has 0 unspecified atom stereocenters. The van der Waals surface area contributed by atoms with Crippen molar-refractivity contribution in [1.29, 1.82) is 0 Å². The Morgan fingerprint density at radius 2 is 0.742 bits per heavy atom. The standard InChI is InChI=1S/C25H23P.BF4/c1-21-17-19-25(20-18-21)26(22-11-5-2-6-12-22,23-13-7-3-8-14-23)24-15-9-4-10-16-24;2-1(3,4)5/h2-20,26H,1H3;/q;-1/p+1. The molecule has 4 rings (SSSR count). The van der Waals surface area contributed by atoms with Gasteiger partial charge in [-0.2, -0.15) is 0 Å². The number of halogens is 4. The van der Waals surface area contributed by atoms with E-state index in [9.17, 15) is 17.3 Å². The molecule has 0 nitrogen and oxygen atoms in total. The molecule has 6 heteroatoms. The molecule has 160 valence electrons. The molecule has 0 aliphatic heterocycles. The van der Waals surface area contributed by atoms with Gasteiger partial charge in [-0.05, 0) is 0 Å². The molecule has 31 heavy (non-hydrogen) atoms. The summed E-state index contributed by atoms with van der Waals surface area (Å²) in [6.45, 7) is 2.15. The van der Waals surface area contributed by atoms with Gasteiger partial charge in [0.1, 0.15) is 0 Å². The van der Waals surface area contributed by atoms with Crippen LogP contribution in [0.1, 0.15) is 6.99 Å². The second-order valence-corrected chi connectivity index (χ2v) is 11.0. The van der Waals surface area contributed by atoms with Crippen LogP contribution >= 0.6 is 7.26 Å². The fraction of sp³-hybridized carbons (Fsp3) is 0.0400. The number of hydrogen-bond donors (Lipinski definition) is 0. The van der Waals surface area contributed by atoms with Gasteiger partial charge >= 0.3 is 165 Å². The second-order valence-electron chi connectivity index (χ2n) is 7.21. The Labute approximate surface area is 182 Å². The number of benzene rings is 4. The smallest absolute Gasteiger partial charge is 0.418 e. The van der Waals surface area contributed by atoms with Gasteiger partial charge in [0.05, 0.1) is 0 Å². The maximum atomic E-state index is 9.75. The monoisotopic (exact) mass is 442 g/mol. The predicted octanol–water partition coefficient (Wildman–Crippen LogP) is 5.76. The van der Waals surface area contributed by atoms with Crippen molar-refractivity contribution in [2.75, 3.05) is 0 Å². The first-order valence-electron chi connectivity index (χ1n) is 9.93. The van der Waals surface area contributed by atoms with Gasteiger partial charge in [-0.3, -0.25) is 0 Å². The Balaban J connectivity index is 0.000000548. The van der Waals surface area contributed by atoms with Crippen LogP contribution in [-0.2, 0) is 0 Å². The van der Waals surface area contributed by atoms with Crippen molar-refractivity contribution in [1.82, 2.24) is 0 Å². The first-order chi connectivity index (χ1) is 14.8. The number of rotatable bonds is 4. The van der Waals surface area contributed by atoms with Crippen LogP contribution in [0.15, 0.2) is 115 Å². The second kappa shape index (κ2) is 9.93. The van der Waals surface area contributed by atoms with Gasteiger partial charge in [0, 0.05) is 0 Å². The number of aryl methyl sites for hydroxylation is 1. The largest absolute Gasteiger partial charge is 1.00 e. The molecule has 0 atom stereocenters. The topological polar surface area (TPSA) is 0 Å². The van der Waals surface area contributed by atoms with E-state index in [0.29, 0.717) is 0 Å². The molecular weight excluding hydrogens is 418 g/mol. The van der Waals surface area contributed by atoms with Gasteiger partial charge in [0.25, 0.3) is 0 Å². The van der Waals surface area contributed by atoms with Crippen LogP contribution < -0.4 is 21.2 Å². The number of hydrogen-bond acceptors (Lipinski definition) is 0. The molecule has 4 aromatic carbocycles. The zero-order valence-electron chi connectivity index (χ0n) is 18.1. The summed E-state index contributed by atoms with van der Waals surface area (Å²) in [6, 6.07) is 42.2. The Kier molecular flexibility index (Phi) is 7.30. The Hall–Kier alpha value is -2.91. The summed E-state index contributed by atoms with van der Waals surface area (Å²) in [5.74, 6) is 0. The summed E-state index contributed by atoms with van der Waals surface area (Å²) in [7, 11) is -8.32. The van der Waals surface area contributed by atoms with E-state index in [1.807, 2.05) is 0 Å². The van der Waals surface area contributed by atoms with Crippen LogP contribution in [0.25, 0.3) is 0 Å². The third kappa shape index (κ3) is 5.62. The molecule has 0 saturated carbocycles. The van der Waals surface area contributed by atoms with Crippen LogP contribution in [0.3, 0.4) is 0 Å². The van der Waals surface area contributed by atoms with Crippen LogP contribution in [0.2, 0.25) is 0 Å². The van der Waals surface area contributed by atoms with E-state index in [1.165, 1.54) is 26.8 Å². The first-order valence-corrected chi connectivity index (χ1v) is 11.9. The summed E-state index contributed by atoms with van der Waals surface area (Å²) in [5, 5.41) is 5.68. The molecule has 0 radical (unpaired) electrons. The van der Waals surface area contributed by atoms with Crippen molar-refractivity contribution in [2.45, 2.75) is 6.92 Å². The van der Waals surface area contributed by atoms with Gasteiger partial charge in [0.2, 0.25) is 0 Å². The minimum Gasteiger partial charge on any atom is -0.418 e. The molecule has 0 aromatic heterocycles. The molecule has 0 bridgehead atoms. The molecule has 0 saturated heterocycles. The predicted molar refractivity (Wildman–Crippen MR) is 129 cm³/mol. The van der Waals surface area contributed by atoms with E-state index in [1.54, 1.807) is 0 Å². The molecule has 0 heterocycles. The van der Waals surface area contributed by atoms with Crippen molar-refractivity contribution < 1.29 is 18.7 Å². The van der Waals surface area contributed by atoms with E-state index in [0.717, 1.165) is 0 Å². The van der Waals surface area contributed by atoms with Crippen LogP contribution in [0.4, 0.5) is 17.3 Å². The zero-order chi connectivity index (χ0) is 22.3. The summed E-state index contributed by atoms with van der Waals surface area (Å²) < 4.78 is 39.0. The average Bonchev–Trinajstić information content (AvgIpc) is 2.77. The normalized spacial score (nSPS) is 11.9. The summed E-state index contributed by atoms with van der Waals surface area (Å²) in [4.78, 5) is 0. The van der Waals surface area contributed by atoms with Crippen molar-refractivity contribution in [3.63, 3.8) is 0 Å². The minimum atomic E-state index is -6.00. The Morgan fingerprint density at radius 1 is 0.484 bits per heavy atom. The van der Waals surface area contributed by atoms with Crippen molar-refractivity contribution in [2.24, 2.45) is 0 Å². The van der Waals surface area contributed by atoms with Gasteiger partial charge < -0.3 is 17.3 Å².